The van der Waals surface area contributed by atoms with E-state index in [0.717, 1.165) is 5.66 Å². The van der Waals surface area contributed by atoms with Gasteiger partial charge in [0, 0.05) is 6.04 Å². The van der Waals surface area contributed by atoms with E-state index in [2.05, 4.69) is 88.2 Å². The summed E-state index contributed by atoms with van der Waals surface area (Å²) in [6.45, 7) is 0. The average Bonchev–Trinajstić information content (AvgIpc) is 2.80. The summed E-state index contributed by atoms with van der Waals surface area (Å²) >= 11 is 3.88. The van der Waals surface area contributed by atoms with Gasteiger partial charge in [-0.2, -0.15) is 0 Å². The Labute approximate surface area is 201 Å². The van der Waals surface area contributed by atoms with Crippen LogP contribution in [0.2, 0.25) is 0 Å². The first-order chi connectivity index (χ1) is 15.7. The van der Waals surface area contributed by atoms with Crippen LogP contribution in [0.3, 0.4) is 0 Å². The lowest BCUT2D eigenvalue weighted by Crippen LogP contribution is -2.15. The topological polar surface area (TPSA) is 9.86 Å². The molecule has 0 spiro atoms. The van der Waals surface area contributed by atoms with Gasteiger partial charge >= 0.3 is 0 Å². The fourth-order valence-corrected chi connectivity index (χ4v) is 8.81. The van der Waals surface area contributed by atoms with Crippen LogP contribution in [0.5, 0.6) is 0 Å². The lowest BCUT2D eigenvalue weighted by atomic mass is 9.95. The second kappa shape index (κ2) is 8.73. The van der Waals surface area contributed by atoms with Crippen molar-refractivity contribution >= 4 is 82.2 Å². The van der Waals surface area contributed by atoms with E-state index < -0.39 is 0 Å². The number of benzene rings is 3. The van der Waals surface area contributed by atoms with Gasteiger partial charge in [-0.1, -0.05) is 37.1 Å². The molecule has 2 nitrogen and oxygen atoms in total. The van der Waals surface area contributed by atoms with Crippen molar-refractivity contribution in [2.24, 2.45) is 0 Å². The van der Waals surface area contributed by atoms with E-state index in [-0.39, 0.29) is 0 Å². The standard InChI is InChI=1S/C26H28N2P2S2/c29-18-9-5-7-17(8-6-10-18)27-19-11-1-3-13-23(19)31-25-21(27)15-16-22-26(25)32-24-14-4-2-12-20(24)28(22)30/h1-4,11-18H,5-10,29-30H2. The summed E-state index contributed by atoms with van der Waals surface area (Å²) in [4.78, 5) is 0. The maximum Gasteiger partial charge on any atom is 0.0710 e. The van der Waals surface area contributed by atoms with Crippen LogP contribution in [0, 0.1) is 0 Å². The first kappa shape index (κ1) is 21.1. The van der Waals surface area contributed by atoms with Crippen LogP contribution in [0.25, 0.3) is 40.9 Å². The molecule has 3 aromatic carbocycles. The number of hydrogen-bond acceptors (Lipinski definition) is 2. The zero-order chi connectivity index (χ0) is 21.7. The van der Waals surface area contributed by atoms with Crippen molar-refractivity contribution in [3.8, 4) is 0 Å². The molecule has 1 aliphatic rings. The Kier molecular flexibility index (Phi) is 5.76. The van der Waals surface area contributed by atoms with Gasteiger partial charge in [0.15, 0.2) is 0 Å². The second-order valence-corrected chi connectivity index (χ2v) is 12.5. The molecule has 0 bridgehead atoms. The Bertz CT molecular complexity index is 1480. The first-order valence-electron chi connectivity index (χ1n) is 11.5. The van der Waals surface area contributed by atoms with E-state index in [9.17, 15) is 0 Å². The zero-order valence-electron chi connectivity index (χ0n) is 18.0. The number of aromatic nitrogens is 2. The number of para-hydroxylation sites is 2. The molecule has 0 aliphatic heterocycles. The minimum atomic E-state index is 0.569. The van der Waals surface area contributed by atoms with E-state index in [0.29, 0.717) is 6.04 Å². The van der Waals surface area contributed by atoms with E-state index in [1.165, 1.54) is 79.4 Å². The Balaban J connectivity index is 1.67. The molecule has 5 aromatic rings. The Morgan fingerprint density at radius 2 is 1.22 bits per heavy atom. The average molecular weight is 495 g/mol. The first-order valence-corrected chi connectivity index (χ1v) is 14.3. The van der Waals surface area contributed by atoms with Crippen molar-refractivity contribution < 1.29 is 0 Å². The van der Waals surface area contributed by atoms with Crippen molar-refractivity contribution in [1.29, 1.82) is 0 Å². The van der Waals surface area contributed by atoms with Crippen LogP contribution in [-0.2, 0) is 0 Å². The Morgan fingerprint density at radius 3 is 1.94 bits per heavy atom. The molecular formula is C26H28N2P2S2. The Morgan fingerprint density at radius 1 is 0.656 bits per heavy atom. The molecule has 2 heterocycles. The number of nitrogens with zero attached hydrogens (tertiary/aromatic N) is 2. The smallest absolute Gasteiger partial charge is 0.0710 e. The van der Waals surface area contributed by atoms with Crippen LogP contribution in [0.15, 0.2) is 60.7 Å². The fourth-order valence-electron chi connectivity index (χ4n) is 5.25. The SMILES string of the molecule is PC1CCCC(n2c3ccccc3sc3c4sc5ccccc5n(P)c4ccc32)CCC1. The van der Waals surface area contributed by atoms with Crippen LogP contribution in [-0.4, -0.2) is 14.6 Å². The van der Waals surface area contributed by atoms with Gasteiger partial charge in [0.1, 0.15) is 0 Å². The third-order valence-electron chi connectivity index (χ3n) is 6.85. The zero-order valence-corrected chi connectivity index (χ0v) is 22.0. The van der Waals surface area contributed by atoms with E-state index >= 15 is 0 Å². The van der Waals surface area contributed by atoms with Crippen molar-refractivity contribution in [2.75, 3.05) is 0 Å². The summed E-state index contributed by atoms with van der Waals surface area (Å²) in [6, 6.07) is 23.0. The molecule has 1 saturated carbocycles. The normalized spacial score (nSPS) is 20.1. The summed E-state index contributed by atoms with van der Waals surface area (Å²) < 4.78 is 10.5. The molecule has 1 fully saturated rings. The van der Waals surface area contributed by atoms with Gasteiger partial charge in [-0.15, -0.1) is 31.9 Å². The van der Waals surface area contributed by atoms with Crippen molar-refractivity contribution in [2.45, 2.75) is 50.2 Å². The molecule has 2 atom stereocenters. The van der Waals surface area contributed by atoms with Gasteiger partial charge in [0.2, 0.25) is 0 Å². The molecule has 1 aliphatic carbocycles. The van der Waals surface area contributed by atoms with E-state index in [1.807, 2.05) is 22.7 Å². The lowest BCUT2D eigenvalue weighted by Gasteiger charge is -2.28. The molecule has 6 heteroatoms. The van der Waals surface area contributed by atoms with Gasteiger partial charge < -0.3 is 8.90 Å². The highest BCUT2D eigenvalue weighted by molar-refractivity contribution is 7.32. The van der Waals surface area contributed by atoms with Crippen LogP contribution < -0.4 is 0 Å². The Hall–Kier alpha value is -1.44. The summed E-state index contributed by atoms with van der Waals surface area (Å²) in [6.07, 6.45) is 7.82. The second-order valence-electron chi connectivity index (χ2n) is 8.92. The van der Waals surface area contributed by atoms with Gasteiger partial charge in [0.05, 0.1) is 40.9 Å². The van der Waals surface area contributed by atoms with Crippen molar-refractivity contribution in [3.63, 3.8) is 0 Å². The summed E-state index contributed by atoms with van der Waals surface area (Å²) in [5, 5.41) is 0. The van der Waals surface area contributed by atoms with Gasteiger partial charge in [-0.3, -0.25) is 0 Å². The minimum Gasteiger partial charge on any atom is -0.336 e. The molecular weight excluding hydrogens is 466 g/mol. The highest BCUT2D eigenvalue weighted by Gasteiger charge is 2.20. The van der Waals surface area contributed by atoms with Crippen LogP contribution in [0.1, 0.15) is 44.6 Å². The van der Waals surface area contributed by atoms with E-state index in [4.69, 9.17) is 0 Å². The summed E-state index contributed by atoms with van der Waals surface area (Å²) in [5.41, 5.74) is 6.13. The molecule has 32 heavy (non-hydrogen) atoms. The van der Waals surface area contributed by atoms with Gasteiger partial charge in [0.25, 0.3) is 0 Å². The molecule has 2 aromatic heterocycles. The molecule has 164 valence electrons. The summed E-state index contributed by atoms with van der Waals surface area (Å²) in [5.74, 6) is 0. The predicted molar refractivity (Wildman–Crippen MR) is 151 cm³/mol. The van der Waals surface area contributed by atoms with Crippen molar-refractivity contribution in [1.82, 2.24) is 8.90 Å². The predicted octanol–water partition coefficient (Wildman–Crippen LogP) is 8.93. The highest BCUT2D eigenvalue weighted by Crippen LogP contribution is 2.42. The molecule has 2 unspecified atom stereocenters. The largest absolute Gasteiger partial charge is 0.336 e. The fraction of sp³-hybridized carbons (Fsp3) is 0.308. The lowest BCUT2D eigenvalue weighted by molar-refractivity contribution is 0.389. The quantitative estimate of drug-likeness (QED) is 0.125. The molecule has 0 saturated heterocycles. The summed E-state index contributed by atoms with van der Waals surface area (Å²) in [7, 11) is 6.01. The van der Waals surface area contributed by atoms with E-state index in [1.54, 1.807) is 0 Å². The van der Waals surface area contributed by atoms with Gasteiger partial charge in [-0.25, -0.2) is 0 Å². The molecule has 0 N–H and O–H groups in total. The van der Waals surface area contributed by atoms with Crippen LogP contribution in [0.4, 0.5) is 0 Å². The van der Waals surface area contributed by atoms with Crippen molar-refractivity contribution in [3.05, 3.63) is 60.7 Å². The van der Waals surface area contributed by atoms with Gasteiger partial charge in [-0.05, 0) is 77.1 Å². The number of hydrogen-bond donors (Lipinski definition) is 0. The van der Waals surface area contributed by atoms with Crippen LogP contribution >= 0.6 is 41.3 Å². The number of rotatable bonds is 1. The monoisotopic (exact) mass is 494 g/mol. The highest BCUT2D eigenvalue weighted by atomic mass is 32.1. The number of fused-ring (bicyclic) bond motifs is 5. The molecule has 0 radical (unpaired) electrons. The third-order valence-corrected chi connectivity index (χ3v) is 10.6. The molecule has 6 rings (SSSR count). The molecule has 0 amide bonds. The third kappa shape index (κ3) is 3.61. The minimum absolute atomic E-state index is 0.569. The maximum atomic E-state index is 3.07. The maximum absolute atomic E-state index is 3.07.